The lowest BCUT2D eigenvalue weighted by Gasteiger charge is -2.41. The predicted octanol–water partition coefficient (Wildman–Crippen LogP) is 8.60. The zero-order chi connectivity index (χ0) is 33.2. The predicted molar refractivity (Wildman–Crippen MR) is 193 cm³/mol. The largest absolute Gasteiger partial charge is 0.459 e. The van der Waals surface area contributed by atoms with Crippen LogP contribution in [-0.2, 0) is 32.1 Å². The SMILES string of the molecule is C[Si](C)(C)CCOCn1c(O[C@H]2CO[C@@H]3COC(c4ccccc4)O[C@H]3C2)nc2nc(-c3ccc(CC[Si](C)(C)C)cc3)c(Cl)cc21. The van der Waals surface area contributed by atoms with Gasteiger partial charge in [0.15, 0.2) is 11.9 Å². The van der Waals surface area contributed by atoms with Gasteiger partial charge < -0.3 is 23.7 Å². The average molecular weight is 694 g/mol. The number of benzene rings is 2. The number of ether oxygens (including phenoxy) is 5. The highest BCUT2D eigenvalue weighted by atomic mass is 35.5. The molecule has 0 aliphatic carbocycles. The standard InChI is InChI=1S/C36H48ClN3O5Si2/c1-46(2,3)18-16-25-12-14-26(15-13-25)33-29(37)21-30-34(38-33)39-36(40(30)24-41-17-19-47(4,5)6)44-28-20-31-32(42-22-28)23-43-35(45-31)27-10-8-7-9-11-27/h7-15,21,28,31-32,35H,16-20,22-24H2,1-6H3/t28-,31+,32-,35?/m1/s1. The number of nitrogens with zero attached hydrogens (tertiary/aromatic N) is 3. The molecule has 4 atom stereocenters. The van der Waals surface area contributed by atoms with Crippen molar-refractivity contribution in [3.63, 3.8) is 0 Å². The van der Waals surface area contributed by atoms with E-state index in [1.807, 2.05) is 41.0 Å². The van der Waals surface area contributed by atoms with E-state index in [9.17, 15) is 0 Å². The molecule has 2 aliphatic rings. The topological polar surface area (TPSA) is 76.9 Å². The summed E-state index contributed by atoms with van der Waals surface area (Å²) in [5.74, 6) is 0. The summed E-state index contributed by atoms with van der Waals surface area (Å²) in [4.78, 5) is 9.84. The van der Waals surface area contributed by atoms with Gasteiger partial charge in [-0.25, -0.2) is 4.98 Å². The number of imidazole rings is 1. The van der Waals surface area contributed by atoms with E-state index in [1.165, 1.54) is 11.6 Å². The maximum atomic E-state index is 6.91. The van der Waals surface area contributed by atoms with Gasteiger partial charge in [-0.2, -0.15) is 4.98 Å². The summed E-state index contributed by atoms with van der Waals surface area (Å²) in [7, 11) is -2.36. The van der Waals surface area contributed by atoms with Crippen LogP contribution in [0.5, 0.6) is 6.01 Å². The second-order valence-corrected chi connectivity index (χ2v) is 26.8. The fourth-order valence-corrected chi connectivity index (χ4v) is 7.87. The van der Waals surface area contributed by atoms with Gasteiger partial charge in [-0.1, -0.05) is 112 Å². The lowest BCUT2D eigenvalue weighted by molar-refractivity contribution is -0.286. The number of rotatable bonds is 12. The van der Waals surface area contributed by atoms with Crippen molar-refractivity contribution >= 4 is 38.9 Å². The number of aromatic nitrogens is 3. The van der Waals surface area contributed by atoms with Crippen LogP contribution in [0.3, 0.4) is 0 Å². The van der Waals surface area contributed by atoms with Crippen molar-refractivity contribution < 1.29 is 23.7 Å². The van der Waals surface area contributed by atoms with Gasteiger partial charge in [-0.05, 0) is 24.1 Å². The lowest BCUT2D eigenvalue weighted by atomic mass is 10.0. The number of hydrogen-bond acceptors (Lipinski definition) is 7. The highest BCUT2D eigenvalue weighted by molar-refractivity contribution is 6.76. The van der Waals surface area contributed by atoms with E-state index in [-0.39, 0.29) is 18.3 Å². The molecular weight excluding hydrogens is 646 g/mol. The molecule has 4 aromatic rings. The van der Waals surface area contributed by atoms with Crippen LogP contribution in [0.25, 0.3) is 22.4 Å². The summed E-state index contributed by atoms with van der Waals surface area (Å²) in [6.45, 7) is 16.1. The Balaban J connectivity index is 1.22. The normalized spacial score (nSPS) is 21.9. The van der Waals surface area contributed by atoms with Crippen LogP contribution in [0.15, 0.2) is 60.7 Å². The van der Waals surface area contributed by atoms with E-state index >= 15 is 0 Å². The number of halogens is 1. The average Bonchev–Trinajstić information content (AvgIpc) is 3.36. The first-order valence-corrected chi connectivity index (χ1v) is 24.6. The molecule has 252 valence electrons. The molecule has 2 aliphatic heterocycles. The van der Waals surface area contributed by atoms with Gasteiger partial charge in [0.05, 0.1) is 35.6 Å². The molecule has 6 rings (SSSR count). The molecule has 0 saturated carbocycles. The van der Waals surface area contributed by atoms with Crippen molar-refractivity contribution in [2.45, 2.75) is 95.5 Å². The Morgan fingerprint density at radius 1 is 0.872 bits per heavy atom. The van der Waals surface area contributed by atoms with Crippen molar-refractivity contribution in [2.24, 2.45) is 0 Å². The van der Waals surface area contributed by atoms with Crippen LogP contribution in [0.4, 0.5) is 0 Å². The molecule has 2 aromatic heterocycles. The van der Waals surface area contributed by atoms with Gasteiger partial charge in [-0.3, -0.25) is 4.57 Å². The highest BCUT2D eigenvalue weighted by Crippen LogP contribution is 2.35. The Morgan fingerprint density at radius 2 is 1.62 bits per heavy atom. The first-order valence-electron chi connectivity index (χ1n) is 16.8. The van der Waals surface area contributed by atoms with Crippen molar-refractivity contribution in [1.29, 1.82) is 0 Å². The molecule has 0 N–H and O–H groups in total. The Kier molecular flexibility index (Phi) is 10.6. The van der Waals surface area contributed by atoms with Gasteiger partial charge in [0.1, 0.15) is 18.9 Å². The van der Waals surface area contributed by atoms with Crippen molar-refractivity contribution in [2.75, 3.05) is 19.8 Å². The third-order valence-electron chi connectivity index (χ3n) is 8.73. The van der Waals surface area contributed by atoms with Crippen molar-refractivity contribution in [3.05, 3.63) is 76.8 Å². The molecule has 0 radical (unpaired) electrons. The fourth-order valence-electron chi connectivity index (χ4n) is 5.82. The second kappa shape index (κ2) is 14.5. The summed E-state index contributed by atoms with van der Waals surface area (Å²) < 4.78 is 33.2. The summed E-state index contributed by atoms with van der Waals surface area (Å²) >= 11 is 6.91. The molecule has 2 aromatic carbocycles. The minimum atomic E-state index is -1.25. The van der Waals surface area contributed by atoms with E-state index in [0.717, 1.165) is 29.1 Å². The molecule has 2 saturated heterocycles. The monoisotopic (exact) mass is 693 g/mol. The zero-order valence-corrected chi connectivity index (χ0v) is 31.3. The lowest BCUT2D eigenvalue weighted by Crippen LogP contribution is -2.50. The second-order valence-electron chi connectivity index (χ2n) is 15.2. The molecular formula is C36H48ClN3O5Si2. The number of aryl methyl sites for hydroxylation is 1. The van der Waals surface area contributed by atoms with Gasteiger partial charge in [0, 0.05) is 40.3 Å². The van der Waals surface area contributed by atoms with E-state index in [0.29, 0.717) is 55.3 Å². The molecule has 0 bridgehead atoms. The van der Waals surface area contributed by atoms with Gasteiger partial charge in [0.25, 0.3) is 0 Å². The zero-order valence-electron chi connectivity index (χ0n) is 28.5. The molecule has 4 heterocycles. The van der Waals surface area contributed by atoms with E-state index < -0.39 is 22.4 Å². The molecule has 0 spiro atoms. The Bertz CT molecular complexity index is 1640. The maximum Gasteiger partial charge on any atom is 0.301 e. The van der Waals surface area contributed by atoms with Gasteiger partial charge in [-0.15, -0.1) is 0 Å². The number of hydrogen-bond donors (Lipinski definition) is 0. The summed E-state index contributed by atoms with van der Waals surface area (Å²) in [6.07, 6.45) is 0.761. The van der Waals surface area contributed by atoms with Crippen LogP contribution in [0, 0.1) is 0 Å². The molecule has 1 unspecified atom stereocenters. The molecule has 0 amide bonds. The fraction of sp³-hybridized carbons (Fsp3) is 0.500. The number of fused-ring (bicyclic) bond motifs is 2. The van der Waals surface area contributed by atoms with Crippen LogP contribution in [-0.4, -0.2) is 68.8 Å². The molecule has 47 heavy (non-hydrogen) atoms. The Hall–Kier alpha value is -2.58. The smallest absolute Gasteiger partial charge is 0.301 e. The Labute approximate surface area is 285 Å². The number of pyridine rings is 1. The molecule has 2 fully saturated rings. The summed E-state index contributed by atoms with van der Waals surface area (Å²) in [6, 6.07) is 23.3. The third kappa shape index (κ3) is 8.91. The van der Waals surface area contributed by atoms with E-state index in [1.54, 1.807) is 0 Å². The van der Waals surface area contributed by atoms with Crippen LogP contribution >= 0.6 is 11.6 Å². The molecule has 8 nitrogen and oxygen atoms in total. The maximum absolute atomic E-state index is 6.91. The van der Waals surface area contributed by atoms with Crippen LogP contribution in [0.2, 0.25) is 56.4 Å². The first-order chi connectivity index (χ1) is 22.4. The van der Waals surface area contributed by atoms with Gasteiger partial charge >= 0.3 is 6.01 Å². The third-order valence-corrected chi connectivity index (χ3v) is 12.5. The van der Waals surface area contributed by atoms with Crippen LogP contribution < -0.4 is 4.74 Å². The summed E-state index contributed by atoms with van der Waals surface area (Å²) in [5.41, 5.74) is 5.34. The quantitative estimate of drug-likeness (QED) is 0.109. The minimum absolute atomic E-state index is 0.136. The highest BCUT2D eigenvalue weighted by Gasteiger charge is 2.40. The van der Waals surface area contributed by atoms with Crippen LogP contribution in [0.1, 0.15) is 23.8 Å². The van der Waals surface area contributed by atoms with Crippen molar-refractivity contribution in [1.82, 2.24) is 14.5 Å². The molecule has 11 heteroatoms. The Morgan fingerprint density at radius 3 is 2.34 bits per heavy atom. The van der Waals surface area contributed by atoms with E-state index in [4.69, 9.17) is 45.3 Å². The van der Waals surface area contributed by atoms with E-state index in [2.05, 4.69) is 63.5 Å². The summed E-state index contributed by atoms with van der Waals surface area (Å²) in [5, 5.41) is 0.563. The van der Waals surface area contributed by atoms with Gasteiger partial charge in [0.2, 0.25) is 0 Å². The minimum Gasteiger partial charge on any atom is -0.459 e. The van der Waals surface area contributed by atoms with Crippen molar-refractivity contribution in [3.8, 4) is 17.3 Å². The first kappa shape index (κ1) is 34.3.